The molecular formula is C27H38N2O5. The van der Waals surface area contributed by atoms with E-state index < -0.39 is 17.6 Å². The van der Waals surface area contributed by atoms with E-state index in [9.17, 15) is 15.0 Å². The van der Waals surface area contributed by atoms with Gasteiger partial charge >= 0.3 is 5.97 Å². The number of methoxy groups -OCH3 is 1. The number of benzene rings is 1. The first-order chi connectivity index (χ1) is 16.4. The van der Waals surface area contributed by atoms with Crippen LogP contribution in [0.25, 0.3) is 0 Å². The zero-order chi connectivity index (χ0) is 23.8. The summed E-state index contributed by atoms with van der Waals surface area (Å²) in [5, 5.41) is 24.3. The van der Waals surface area contributed by atoms with E-state index in [1.807, 2.05) is 21.0 Å². The van der Waals surface area contributed by atoms with Gasteiger partial charge in [-0.05, 0) is 68.5 Å². The molecular weight excluding hydrogens is 432 g/mol. The second-order valence-electron chi connectivity index (χ2n) is 11.5. The number of phenols is 1. The van der Waals surface area contributed by atoms with Crippen LogP contribution in [0.3, 0.4) is 0 Å². The Labute approximate surface area is 201 Å². The van der Waals surface area contributed by atoms with Crippen molar-refractivity contribution in [1.82, 2.24) is 10.2 Å². The quantitative estimate of drug-likeness (QED) is 0.538. The molecule has 34 heavy (non-hydrogen) atoms. The van der Waals surface area contributed by atoms with Crippen LogP contribution in [0.5, 0.6) is 11.5 Å². The van der Waals surface area contributed by atoms with E-state index in [1.54, 1.807) is 6.07 Å². The van der Waals surface area contributed by atoms with Crippen molar-refractivity contribution < 1.29 is 24.5 Å². The van der Waals surface area contributed by atoms with Crippen molar-refractivity contribution >= 4 is 5.97 Å². The van der Waals surface area contributed by atoms with Gasteiger partial charge in [0, 0.05) is 31.3 Å². The highest BCUT2D eigenvalue weighted by Crippen LogP contribution is 2.66. The molecule has 7 atom stereocenters. The second kappa shape index (κ2) is 7.84. The summed E-state index contributed by atoms with van der Waals surface area (Å²) in [4.78, 5) is 14.8. The van der Waals surface area contributed by atoms with Crippen molar-refractivity contribution in [1.29, 1.82) is 0 Å². The standard InChI is InChI=1S/C27H38N2O5/c1-4-15(2)22(25(31)32)28-18-9-10-27(33-3)20-13-17-7-8-19(30)23-21(17)26(27,24(18)34-23)11-12-29(20)14-16-5-6-16/h7-8,15-16,18,20,22,24,28,30H,4-6,9-14H2,1-3H3,(H,31,32)/t15?,18-,20?,22?,24+,26+,27-/m1/s1. The third kappa shape index (κ3) is 2.89. The Balaban J connectivity index is 1.45. The molecule has 3 unspecified atom stereocenters. The molecule has 3 N–H and O–H groups in total. The fourth-order valence-corrected chi connectivity index (χ4v) is 7.99. The summed E-state index contributed by atoms with van der Waals surface area (Å²) >= 11 is 0. The van der Waals surface area contributed by atoms with Gasteiger partial charge in [0.05, 0.1) is 11.0 Å². The van der Waals surface area contributed by atoms with Gasteiger partial charge in [0.15, 0.2) is 11.5 Å². The highest BCUT2D eigenvalue weighted by Gasteiger charge is 2.74. The number of likely N-dealkylation sites (tertiary alicyclic amines) is 1. The van der Waals surface area contributed by atoms with E-state index in [0.717, 1.165) is 56.7 Å². The van der Waals surface area contributed by atoms with Crippen molar-refractivity contribution in [2.24, 2.45) is 11.8 Å². The smallest absolute Gasteiger partial charge is 0.320 e. The number of carboxylic acid groups (broad SMARTS) is 1. The number of ether oxygens (including phenoxy) is 2. The molecule has 1 aromatic carbocycles. The molecule has 1 saturated heterocycles. The largest absolute Gasteiger partial charge is 0.504 e. The van der Waals surface area contributed by atoms with Crippen LogP contribution < -0.4 is 10.1 Å². The number of rotatable bonds is 8. The average Bonchev–Trinajstić information content (AvgIpc) is 3.57. The summed E-state index contributed by atoms with van der Waals surface area (Å²) < 4.78 is 13.3. The predicted octanol–water partition coefficient (Wildman–Crippen LogP) is 3.07. The summed E-state index contributed by atoms with van der Waals surface area (Å²) in [5.41, 5.74) is 1.60. The topological polar surface area (TPSA) is 91.3 Å². The van der Waals surface area contributed by atoms with Gasteiger partial charge < -0.3 is 19.7 Å². The van der Waals surface area contributed by atoms with Gasteiger partial charge in [-0.15, -0.1) is 0 Å². The van der Waals surface area contributed by atoms with Crippen LogP contribution >= 0.6 is 0 Å². The number of nitrogens with zero attached hydrogens (tertiary/aromatic N) is 1. The van der Waals surface area contributed by atoms with Gasteiger partial charge in [0.25, 0.3) is 0 Å². The lowest BCUT2D eigenvalue weighted by Crippen LogP contribution is -2.79. The van der Waals surface area contributed by atoms with E-state index in [-0.39, 0.29) is 35.3 Å². The van der Waals surface area contributed by atoms with Gasteiger partial charge in [0.1, 0.15) is 12.1 Å². The summed E-state index contributed by atoms with van der Waals surface area (Å²) in [6.45, 7) is 6.15. The third-order valence-electron chi connectivity index (χ3n) is 9.96. The number of carboxylic acids is 1. The summed E-state index contributed by atoms with van der Waals surface area (Å²) in [6.07, 6.45) is 6.63. The van der Waals surface area contributed by atoms with Gasteiger partial charge in [-0.1, -0.05) is 26.3 Å². The number of nitrogens with one attached hydrogen (secondary N) is 1. The SMILES string of the molecule is CCC(C)C(N[C@@H]1CC[C@@]2(OC)C3Cc4ccc(O)c5c4[C@@]2(CCN3CC2CC2)[C@H]1O5)C(=O)O. The molecule has 2 bridgehead atoms. The summed E-state index contributed by atoms with van der Waals surface area (Å²) in [5.74, 6) is 0.788. The van der Waals surface area contributed by atoms with E-state index >= 15 is 0 Å². The first-order valence-corrected chi connectivity index (χ1v) is 13.2. The Hall–Kier alpha value is -1.83. The van der Waals surface area contributed by atoms with Crippen molar-refractivity contribution in [3.63, 3.8) is 0 Å². The van der Waals surface area contributed by atoms with Crippen molar-refractivity contribution in [2.45, 2.75) is 94.0 Å². The average molecular weight is 471 g/mol. The Bertz CT molecular complexity index is 995. The molecule has 7 nitrogen and oxygen atoms in total. The van der Waals surface area contributed by atoms with E-state index in [1.165, 1.54) is 18.4 Å². The predicted molar refractivity (Wildman–Crippen MR) is 127 cm³/mol. The number of carbonyl (C=O) groups is 1. The molecule has 2 heterocycles. The lowest BCUT2D eigenvalue weighted by molar-refractivity contribution is -0.208. The Morgan fingerprint density at radius 3 is 2.79 bits per heavy atom. The molecule has 0 aromatic heterocycles. The van der Waals surface area contributed by atoms with E-state index in [4.69, 9.17) is 9.47 Å². The van der Waals surface area contributed by atoms with Crippen LogP contribution in [-0.4, -0.2) is 71.1 Å². The molecule has 186 valence electrons. The molecule has 3 aliphatic carbocycles. The normalized spacial score (nSPS) is 37.6. The highest BCUT2D eigenvalue weighted by molar-refractivity contribution is 5.74. The van der Waals surface area contributed by atoms with Crippen LogP contribution in [0, 0.1) is 11.8 Å². The minimum Gasteiger partial charge on any atom is -0.504 e. The molecule has 5 aliphatic rings. The molecule has 3 fully saturated rings. The minimum atomic E-state index is -0.810. The number of aromatic hydroxyl groups is 1. The molecule has 1 spiro atoms. The van der Waals surface area contributed by atoms with Gasteiger partial charge in [-0.2, -0.15) is 0 Å². The zero-order valence-corrected chi connectivity index (χ0v) is 20.5. The van der Waals surface area contributed by atoms with Crippen LogP contribution in [0.4, 0.5) is 0 Å². The van der Waals surface area contributed by atoms with Crippen LogP contribution in [0.2, 0.25) is 0 Å². The van der Waals surface area contributed by atoms with Crippen LogP contribution in [0.1, 0.15) is 63.5 Å². The molecule has 1 aromatic rings. The molecule has 7 heteroatoms. The highest BCUT2D eigenvalue weighted by atomic mass is 16.5. The van der Waals surface area contributed by atoms with Crippen molar-refractivity contribution in [2.75, 3.05) is 20.2 Å². The monoisotopic (exact) mass is 470 g/mol. The lowest BCUT2D eigenvalue weighted by atomic mass is 9.48. The second-order valence-corrected chi connectivity index (χ2v) is 11.5. The van der Waals surface area contributed by atoms with Crippen LogP contribution in [0.15, 0.2) is 12.1 Å². The fraction of sp³-hybridized carbons (Fsp3) is 0.741. The first-order valence-electron chi connectivity index (χ1n) is 13.2. The maximum atomic E-state index is 12.2. The van der Waals surface area contributed by atoms with Gasteiger partial charge in [0.2, 0.25) is 0 Å². The third-order valence-corrected chi connectivity index (χ3v) is 9.96. The van der Waals surface area contributed by atoms with Crippen molar-refractivity contribution in [3.8, 4) is 11.5 Å². The Kier molecular flexibility index (Phi) is 5.21. The number of hydrogen-bond acceptors (Lipinski definition) is 6. The van der Waals surface area contributed by atoms with Gasteiger partial charge in [-0.3, -0.25) is 15.0 Å². The Morgan fingerprint density at radius 1 is 1.32 bits per heavy atom. The molecule has 6 rings (SSSR count). The summed E-state index contributed by atoms with van der Waals surface area (Å²) in [7, 11) is 1.85. The van der Waals surface area contributed by atoms with Crippen molar-refractivity contribution in [3.05, 3.63) is 23.3 Å². The molecule has 0 amide bonds. The van der Waals surface area contributed by atoms with Gasteiger partial charge in [-0.25, -0.2) is 0 Å². The maximum absolute atomic E-state index is 12.2. The molecule has 2 saturated carbocycles. The maximum Gasteiger partial charge on any atom is 0.320 e. The van der Waals surface area contributed by atoms with Crippen LogP contribution in [-0.2, 0) is 21.4 Å². The summed E-state index contributed by atoms with van der Waals surface area (Å²) in [6, 6.07) is 3.37. The number of piperidine rings is 1. The lowest BCUT2D eigenvalue weighted by Gasteiger charge is -2.66. The first kappa shape index (κ1) is 22.6. The number of hydrogen-bond donors (Lipinski definition) is 3. The van der Waals surface area contributed by atoms with E-state index in [0.29, 0.717) is 5.75 Å². The number of phenolic OH excluding ortho intramolecular Hbond substituents is 1. The molecule has 2 aliphatic heterocycles. The molecule has 0 radical (unpaired) electrons. The number of aliphatic carboxylic acids is 1. The Morgan fingerprint density at radius 2 is 2.12 bits per heavy atom. The van der Waals surface area contributed by atoms with E-state index in [2.05, 4.69) is 16.3 Å². The zero-order valence-electron chi connectivity index (χ0n) is 20.5. The fourth-order valence-electron chi connectivity index (χ4n) is 7.99. The minimum absolute atomic E-state index is 0.0105.